The lowest BCUT2D eigenvalue weighted by molar-refractivity contribution is -0.570. The molecule has 6 heteroatoms. The van der Waals surface area contributed by atoms with Crippen molar-refractivity contribution in [2.45, 2.75) is 58.2 Å². The molecule has 0 amide bonds. The van der Waals surface area contributed by atoms with E-state index in [4.69, 9.17) is 24.8 Å². The zero-order valence-corrected chi connectivity index (χ0v) is 52.6. The van der Waals surface area contributed by atoms with E-state index in [0.717, 1.165) is 73.2 Å². The number of ether oxygens (including phenoxy) is 1. The van der Waals surface area contributed by atoms with Crippen LogP contribution in [0.5, 0.6) is 11.5 Å². The van der Waals surface area contributed by atoms with E-state index in [1.54, 1.807) is 0 Å². The average Bonchev–Trinajstić information content (AvgIpc) is 1.53. The first kappa shape index (κ1) is 43.7. The molecule has 0 unspecified atom stereocenters. The van der Waals surface area contributed by atoms with Crippen LogP contribution in [-0.2, 0) is 10.8 Å². The number of aryl methyl sites for hydroxylation is 1. The predicted molar refractivity (Wildman–Crippen MR) is 387 cm³/mol. The summed E-state index contributed by atoms with van der Waals surface area (Å²) < 4.78 is 129. The van der Waals surface area contributed by atoms with Gasteiger partial charge in [0.2, 0.25) is 0 Å². The quantitative estimate of drug-likeness (QED) is 0.0592. The van der Waals surface area contributed by atoms with Gasteiger partial charge in [-0.25, -0.2) is 4.98 Å². The van der Waals surface area contributed by atoms with Crippen molar-refractivity contribution in [2.75, 3.05) is 0 Å². The third-order valence-electron chi connectivity index (χ3n) is 19.5. The summed E-state index contributed by atoms with van der Waals surface area (Å²) in [4.78, 5) is 4.97. The molecule has 0 atom stereocenters. The molecule has 0 saturated heterocycles. The summed E-state index contributed by atoms with van der Waals surface area (Å²) >= 11 is 0. The highest BCUT2D eigenvalue weighted by Crippen LogP contribution is 2.52. The van der Waals surface area contributed by atoms with Crippen LogP contribution in [0.4, 0.5) is 0 Å². The third kappa shape index (κ3) is 9.10. The van der Waals surface area contributed by atoms with Crippen LogP contribution in [0.2, 0.25) is 0 Å². The van der Waals surface area contributed by atoms with Gasteiger partial charge in [0.05, 0.1) is 47.1 Å². The van der Waals surface area contributed by atoms with Gasteiger partial charge in [0, 0.05) is 32.7 Å². The molecule has 15 aromatic rings. The summed E-state index contributed by atoms with van der Waals surface area (Å²) in [5, 5.41) is 6.22. The number of rotatable bonds is 10. The first-order valence-electron chi connectivity index (χ1n) is 38.0. The molecule has 3 aromatic heterocycles. The predicted octanol–water partition coefficient (Wildman–Crippen LogP) is 18.7. The summed E-state index contributed by atoms with van der Waals surface area (Å²) in [6.07, 6.45) is 7.09. The molecular weight excluding hydrogens is 1150 g/mol. The SMILES string of the molecule is [2H]c1c([2H])c([2H])c(-c2cnc(-n3c4ccc([Si](c5ccccc5)(c5ccccc5)c5ccccc5)cc4c4ccc(Oc5cccc(-n6[c-][n+]7c8c(cccc86)-c6ccccc6-c6cc8c(cc6-c6cccc(-c9c([2H])c([2H])c([2H])c([2H])c9[2H])c6-7)C(C)(C)CCC8(C)C)c5)cc43)cc2C([2H])([2H])[2H])c([2H])c1[2H]. The van der Waals surface area contributed by atoms with Gasteiger partial charge in [-0.3, -0.25) is 13.7 Å². The monoisotopic (exact) mass is 1230 g/mol. The second kappa shape index (κ2) is 21.9. The first-order valence-corrected chi connectivity index (χ1v) is 33.5. The maximum Gasteiger partial charge on any atom is 0.269 e. The van der Waals surface area contributed by atoms with Gasteiger partial charge in [-0.1, -0.05) is 264 Å². The van der Waals surface area contributed by atoms with E-state index in [2.05, 4.69) is 174 Å². The van der Waals surface area contributed by atoms with Crippen LogP contribution in [0.15, 0.2) is 297 Å². The highest BCUT2D eigenvalue weighted by Gasteiger charge is 2.42. The molecule has 93 heavy (non-hydrogen) atoms. The molecule has 5 nitrogen and oxygen atoms in total. The molecule has 2 aliphatic rings. The largest absolute Gasteiger partial charge is 0.458 e. The lowest BCUT2D eigenvalue weighted by Crippen LogP contribution is -2.74. The van der Waals surface area contributed by atoms with Crippen molar-refractivity contribution in [3.8, 4) is 84.3 Å². The maximum absolute atomic E-state index is 9.53. The van der Waals surface area contributed by atoms with Crippen LogP contribution in [0.3, 0.4) is 0 Å². The number of para-hydroxylation sites is 2. The fourth-order valence-corrected chi connectivity index (χ4v) is 19.7. The van der Waals surface area contributed by atoms with Crippen LogP contribution >= 0.6 is 0 Å². The fourth-order valence-electron chi connectivity index (χ4n) is 14.9. The van der Waals surface area contributed by atoms with Gasteiger partial charge in [-0.05, 0) is 167 Å². The van der Waals surface area contributed by atoms with Crippen molar-refractivity contribution in [1.29, 1.82) is 0 Å². The van der Waals surface area contributed by atoms with E-state index >= 15 is 0 Å². The fraction of sp³-hybridized carbons (Fsp3) is 0.103. The third-order valence-corrected chi connectivity index (χ3v) is 24.3. The van der Waals surface area contributed by atoms with E-state index in [9.17, 15) is 2.74 Å². The normalized spacial score (nSPS) is 15.8. The molecule has 0 fully saturated rings. The lowest BCUT2D eigenvalue weighted by atomic mass is 9.62. The van der Waals surface area contributed by atoms with Gasteiger partial charge in [0.25, 0.3) is 6.33 Å². The van der Waals surface area contributed by atoms with E-state index < -0.39 is 63.3 Å². The number of benzene rings is 12. The van der Waals surface area contributed by atoms with E-state index in [1.165, 1.54) is 39.0 Å². The minimum absolute atomic E-state index is 0.0621. The second-order valence-corrected chi connectivity index (χ2v) is 29.5. The Labute approximate surface area is 563 Å². The minimum Gasteiger partial charge on any atom is -0.458 e. The van der Waals surface area contributed by atoms with E-state index in [0.29, 0.717) is 39.5 Å². The standard InChI is InChI=1S/C87H68N4OSi/c1-58-50-83(88-56-77(58)60-28-13-7-14-29-60)91-80-47-45-67(93(64-32-15-8-16-33-64,65-34-17-9-18-35-65)66-36-19-10-20-37-66)53-76(80)71-46-44-63(52-82(71)91)92-62-31-23-30-61(51-62)89-57-90-84-68(59-26-11-6-12-27-59)40-24-41-73(84)75-55-79-78(86(2,3)48-49-87(79,4)5)54-74(75)70-39-22-21-38-69(70)72-42-25-43-81(89)85(72)90/h6-47,50-56H,48-49H2,1-5H3/i1D3,6D,7D,11D,12D,13D,14D,26D,27D,28D,29D. The van der Waals surface area contributed by atoms with Crippen LogP contribution < -0.4 is 30.1 Å². The van der Waals surface area contributed by atoms with E-state index in [-0.39, 0.29) is 51.0 Å². The van der Waals surface area contributed by atoms with Crippen LogP contribution in [0, 0.1) is 13.2 Å². The van der Waals surface area contributed by atoms with Gasteiger partial charge in [-0.2, -0.15) is 0 Å². The van der Waals surface area contributed by atoms with Crippen molar-refractivity contribution in [2.24, 2.45) is 0 Å². The lowest BCUT2D eigenvalue weighted by Gasteiger charge is -2.42. The van der Waals surface area contributed by atoms with Crippen LogP contribution in [0.25, 0.3) is 106 Å². The van der Waals surface area contributed by atoms with Gasteiger partial charge >= 0.3 is 0 Å². The van der Waals surface area contributed by atoms with Crippen molar-refractivity contribution in [1.82, 2.24) is 14.1 Å². The average molecular weight is 1230 g/mol. The molecule has 446 valence electrons. The molecule has 4 heterocycles. The zero-order valence-electron chi connectivity index (χ0n) is 64.6. The Morgan fingerprint density at radius 1 is 0.462 bits per heavy atom. The maximum atomic E-state index is 9.53. The smallest absolute Gasteiger partial charge is 0.269 e. The van der Waals surface area contributed by atoms with Crippen molar-refractivity contribution >= 4 is 61.7 Å². The number of hydrogen-bond acceptors (Lipinski definition) is 2. The number of pyridine rings is 1. The summed E-state index contributed by atoms with van der Waals surface area (Å²) in [6, 6.07) is 73.4. The summed E-state index contributed by atoms with van der Waals surface area (Å²) in [5.41, 5.74) is 11.7. The van der Waals surface area contributed by atoms with Gasteiger partial charge in [0.15, 0.2) is 8.07 Å². The zero-order chi connectivity index (χ0) is 73.8. The molecule has 1 aliphatic heterocycles. The van der Waals surface area contributed by atoms with Gasteiger partial charge in [0.1, 0.15) is 17.3 Å². The highest BCUT2D eigenvalue weighted by molar-refractivity contribution is 7.20. The topological polar surface area (TPSA) is 35.9 Å². The van der Waals surface area contributed by atoms with Gasteiger partial charge in [-0.15, -0.1) is 0 Å². The molecule has 0 N–H and O–H groups in total. The molecule has 0 radical (unpaired) electrons. The Morgan fingerprint density at radius 2 is 1.02 bits per heavy atom. The van der Waals surface area contributed by atoms with Crippen LogP contribution in [-0.4, -0.2) is 22.2 Å². The number of imidazole rings is 1. The Bertz CT molecular complexity index is 6040. The number of aromatic nitrogens is 4. The molecule has 0 saturated carbocycles. The Kier molecular flexibility index (Phi) is 10.3. The molecule has 12 aromatic carbocycles. The second-order valence-electron chi connectivity index (χ2n) is 25.7. The first-order chi connectivity index (χ1) is 50.9. The Hall–Kier alpha value is -10.9. The van der Waals surface area contributed by atoms with Crippen molar-refractivity contribution < 1.29 is 27.1 Å². The summed E-state index contributed by atoms with van der Waals surface area (Å²) in [7, 11) is -3.13. The molecular formula is C87H68N4OSi. The Balaban J connectivity index is 0.874. The van der Waals surface area contributed by atoms with E-state index in [1.807, 2.05) is 98.6 Å². The summed E-state index contributed by atoms with van der Waals surface area (Å²) in [6.45, 7) is 6.40. The van der Waals surface area contributed by atoms with Crippen molar-refractivity contribution in [3.63, 3.8) is 0 Å². The van der Waals surface area contributed by atoms with Crippen LogP contribution in [0.1, 0.15) is 75.0 Å². The van der Waals surface area contributed by atoms with Gasteiger partial charge < -0.3 is 4.74 Å². The molecule has 1 aliphatic carbocycles. The molecule has 0 bridgehead atoms. The number of nitrogens with zero attached hydrogens (tertiary/aromatic N) is 4. The minimum atomic E-state index is -3.13. The highest BCUT2D eigenvalue weighted by atomic mass is 28.3. The molecule has 17 rings (SSSR count). The van der Waals surface area contributed by atoms with Crippen molar-refractivity contribution in [3.05, 3.63) is 320 Å². The number of hydrogen-bond donors (Lipinski definition) is 0. The Morgan fingerprint density at radius 3 is 1.68 bits per heavy atom. The molecule has 0 spiro atoms. The number of fused-ring (bicyclic) bond motifs is 11. The summed E-state index contributed by atoms with van der Waals surface area (Å²) in [5.74, 6) is 1.07.